The summed E-state index contributed by atoms with van der Waals surface area (Å²) in [6.45, 7) is 0.690. The molecule has 17 heavy (non-hydrogen) atoms. The molecule has 0 aromatic carbocycles. The van der Waals surface area contributed by atoms with Gasteiger partial charge in [0.05, 0.1) is 13.1 Å². The molecular formula is C11H13N5S. The Morgan fingerprint density at radius 2 is 2.47 bits per heavy atom. The van der Waals surface area contributed by atoms with Crippen molar-refractivity contribution in [1.29, 1.82) is 5.41 Å². The van der Waals surface area contributed by atoms with Crippen LogP contribution in [0.2, 0.25) is 0 Å². The van der Waals surface area contributed by atoms with Crippen LogP contribution in [0.5, 0.6) is 0 Å². The second kappa shape index (κ2) is 6.45. The van der Waals surface area contributed by atoms with Crippen molar-refractivity contribution in [3.05, 3.63) is 30.1 Å². The van der Waals surface area contributed by atoms with Gasteiger partial charge in [0.25, 0.3) is 0 Å². The number of aromatic nitrogens is 1. The number of rotatable bonds is 3. The van der Waals surface area contributed by atoms with E-state index in [1.165, 1.54) is 4.90 Å². The summed E-state index contributed by atoms with van der Waals surface area (Å²) in [6.07, 6.45) is 8.49. The lowest BCUT2D eigenvalue weighted by Crippen LogP contribution is -2.46. The summed E-state index contributed by atoms with van der Waals surface area (Å²) in [7, 11) is 0. The van der Waals surface area contributed by atoms with Gasteiger partial charge in [-0.2, -0.15) is 0 Å². The normalized spacial score (nSPS) is 9.12. The summed E-state index contributed by atoms with van der Waals surface area (Å²) in [5.74, 6) is 2.27. The first-order valence-corrected chi connectivity index (χ1v) is 5.27. The minimum absolute atomic E-state index is 0.136. The molecule has 0 spiro atoms. The van der Waals surface area contributed by atoms with Crippen LogP contribution >= 0.6 is 12.2 Å². The van der Waals surface area contributed by atoms with Gasteiger partial charge in [0, 0.05) is 12.4 Å². The minimum Gasteiger partial charge on any atom is -0.370 e. The molecular weight excluding hydrogens is 234 g/mol. The summed E-state index contributed by atoms with van der Waals surface area (Å²) in [5, 5.41) is 10.6. The Morgan fingerprint density at radius 1 is 1.71 bits per heavy atom. The SMILES string of the molecule is C#CCNC(=S)N(Cc1cccnc1)C(=N)N. The highest BCUT2D eigenvalue weighted by molar-refractivity contribution is 7.80. The van der Waals surface area contributed by atoms with Crippen LogP contribution in [0.1, 0.15) is 5.56 Å². The van der Waals surface area contributed by atoms with E-state index in [1.807, 2.05) is 12.1 Å². The van der Waals surface area contributed by atoms with Crippen LogP contribution in [-0.4, -0.2) is 27.5 Å². The number of nitrogens with zero attached hydrogens (tertiary/aromatic N) is 2. The fourth-order valence-corrected chi connectivity index (χ4v) is 1.40. The number of pyridine rings is 1. The first-order chi connectivity index (χ1) is 8.15. The monoisotopic (exact) mass is 247 g/mol. The number of guanidine groups is 1. The third-order valence-electron chi connectivity index (χ3n) is 1.94. The molecule has 0 amide bonds. The molecule has 6 heteroatoms. The second-order valence-corrected chi connectivity index (χ2v) is 3.58. The maximum absolute atomic E-state index is 7.47. The van der Waals surface area contributed by atoms with Crippen LogP contribution in [0.3, 0.4) is 0 Å². The van der Waals surface area contributed by atoms with Gasteiger partial charge in [0.1, 0.15) is 0 Å². The van der Waals surface area contributed by atoms with Crippen molar-refractivity contribution in [3.8, 4) is 12.3 Å². The topological polar surface area (TPSA) is 78.0 Å². The van der Waals surface area contributed by atoms with Gasteiger partial charge in [0.15, 0.2) is 11.1 Å². The molecule has 5 nitrogen and oxygen atoms in total. The van der Waals surface area contributed by atoms with Crippen LogP contribution in [0.15, 0.2) is 24.5 Å². The van der Waals surface area contributed by atoms with Crippen molar-refractivity contribution in [2.24, 2.45) is 5.73 Å². The van der Waals surface area contributed by atoms with Gasteiger partial charge >= 0.3 is 0 Å². The number of nitrogens with one attached hydrogen (secondary N) is 2. The van der Waals surface area contributed by atoms with E-state index in [2.05, 4.69) is 16.2 Å². The molecule has 0 fully saturated rings. The average molecular weight is 247 g/mol. The highest BCUT2D eigenvalue weighted by atomic mass is 32.1. The summed E-state index contributed by atoms with van der Waals surface area (Å²) in [6, 6.07) is 3.69. The van der Waals surface area contributed by atoms with Gasteiger partial charge in [-0.15, -0.1) is 6.42 Å². The van der Waals surface area contributed by atoms with Crippen molar-refractivity contribution in [3.63, 3.8) is 0 Å². The fourth-order valence-electron chi connectivity index (χ4n) is 1.16. The molecule has 0 aliphatic carbocycles. The molecule has 0 aliphatic heterocycles. The summed E-state index contributed by atoms with van der Waals surface area (Å²) in [5.41, 5.74) is 6.38. The maximum atomic E-state index is 7.47. The Hall–Kier alpha value is -2.13. The molecule has 0 atom stereocenters. The molecule has 88 valence electrons. The highest BCUT2D eigenvalue weighted by Crippen LogP contribution is 2.02. The number of hydrogen-bond acceptors (Lipinski definition) is 3. The lowest BCUT2D eigenvalue weighted by Gasteiger charge is -2.23. The minimum atomic E-state index is -0.136. The predicted molar refractivity (Wildman–Crippen MR) is 71.1 cm³/mol. The van der Waals surface area contributed by atoms with E-state index in [9.17, 15) is 0 Å². The van der Waals surface area contributed by atoms with Crippen LogP contribution in [0.4, 0.5) is 0 Å². The molecule has 1 rings (SSSR count). The molecule has 1 heterocycles. The van der Waals surface area contributed by atoms with Crippen molar-refractivity contribution in [2.45, 2.75) is 6.54 Å². The van der Waals surface area contributed by atoms with E-state index in [1.54, 1.807) is 12.4 Å². The largest absolute Gasteiger partial charge is 0.370 e. The Bertz CT molecular complexity index is 437. The molecule has 0 aliphatic rings. The molecule has 0 unspecified atom stereocenters. The van der Waals surface area contributed by atoms with E-state index in [0.717, 1.165) is 5.56 Å². The predicted octanol–water partition coefficient (Wildman–Crippen LogP) is 0.285. The van der Waals surface area contributed by atoms with E-state index < -0.39 is 0 Å². The zero-order valence-corrected chi connectivity index (χ0v) is 10.00. The lowest BCUT2D eigenvalue weighted by atomic mass is 10.3. The third kappa shape index (κ3) is 4.09. The van der Waals surface area contributed by atoms with Gasteiger partial charge in [-0.05, 0) is 23.8 Å². The van der Waals surface area contributed by atoms with Crippen LogP contribution in [0.25, 0.3) is 0 Å². The second-order valence-electron chi connectivity index (χ2n) is 3.20. The first-order valence-electron chi connectivity index (χ1n) is 4.87. The zero-order valence-electron chi connectivity index (χ0n) is 9.18. The van der Waals surface area contributed by atoms with Crippen molar-refractivity contribution < 1.29 is 0 Å². The summed E-state index contributed by atoms with van der Waals surface area (Å²) >= 11 is 5.09. The van der Waals surface area contributed by atoms with Crippen LogP contribution in [-0.2, 0) is 6.54 Å². The molecule has 0 saturated carbocycles. The third-order valence-corrected chi connectivity index (χ3v) is 2.31. The van der Waals surface area contributed by atoms with Gasteiger partial charge in [0.2, 0.25) is 0 Å². The van der Waals surface area contributed by atoms with Crippen molar-refractivity contribution in [1.82, 2.24) is 15.2 Å². The zero-order chi connectivity index (χ0) is 12.7. The van der Waals surface area contributed by atoms with E-state index in [-0.39, 0.29) is 5.96 Å². The molecule has 4 N–H and O–H groups in total. The van der Waals surface area contributed by atoms with Gasteiger partial charge < -0.3 is 11.1 Å². The summed E-state index contributed by atoms with van der Waals surface area (Å²) < 4.78 is 0. The standard InChI is InChI=1S/C11H13N5S/c1-2-5-15-11(17)16(10(12)13)8-9-4-3-6-14-7-9/h1,3-4,6-7H,5,8H2,(H3,12,13)(H,15,17). The number of hydrogen-bond donors (Lipinski definition) is 3. The first kappa shape index (κ1) is 12.9. The summed E-state index contributed by atoms with van der Waals surface area (Å²) in [4.78, 5) is 5.43. The molecule has 0 bridgehead atoms. The van der Waals surface area contributed by atoms with Crippen molar-refractivity contribution in [2.75, 3.05) is 6.54 Å². The van der Waals surface area contributed by atoms with Crippen LogP contribution in [0, 0.1) is 17.8 Å². The van der Waals surface area contributed by atoms with Gasteiger partial charge in [-0.3, -0.25) is 15.3 Å². The number of thiocarbonyl (C=S) groups is 1. The Balaban J connectivity index is 2.71. The van der Waals surface area contributed by atoms with Gasteiger partial charge in [-0.1, -0.05) is 12.0 Å². The quantitative estimate of drug-likeness (QED) is 0.309. The highest BCUT2D eigenvalue weighted by Gasteiger charge is 2.12. The molecule has 0 saturated heterocycles. The number of nitrogens with two attached hydrogens (primary N) is 1. The Labute approximate surface area is 106 Å². The Morgan fingerprint density at radius 3 is 3.00 bits per heavy atom. The van der Waals surface area contributed by atoms with Gasteiger partial charge in [-0.25, -0.2) is 0 Å². The van der Waals surface area contributed by atoms with E-state index >= 15 is 0 Å². The molecule has 1 aromatic rings. The molecule has 0 radical (unpaired) electrons. The maximum Gasteiger partial charge on any atom is 0.195 e. The lowest BCUT2D eigenvalue weighted by molar-refractivity contribution is 0.580. The van der Waals surface area contributed by atoms with Crippen molar-refractivity contribution >= 4 is 23.3 Å². The van der Waals surface area contributed by atoms with Crippen LogP contribution < -0.4 is 11.1 Å². The number of terminal acetylenes is 1. The molecule has 1 aromatic heterocycles. The Kier molecular flexibility index (Phi) is 4.91. The smallest absolute Gasteiger partial charge is 0.195 e. The van der Waals surface area contributed by atoms with E-state index in [0.29, 0.717) is 18.2 Å². The average Bonchev–Trinajstić information content (AvgIpc) is 2.34. The van der Waals surface area contributed by atoms with E-state index in [4.69, 9.17) is 29.8 Å². The fraction of sp³-hybridized carbons (Fsp3) is 0.182.